The molecule has 3 nitrogen and oxygen atoms in total. The molecule has 0 aliphatic heterocycles. The van der Waals surface area contributed by atoms with Crippen LogP contribution in [0.1, 0.15) is 5.69 Å². The van der Waals surface area contributed by atoms with Crippen LogP contribution in [0.25, 0.3) is 0 Å². The first-order chi connectivity index (χ1) is 6.20. The molecule has 0 saturated carbocycles. The molecule has 0 aromatic carbocycles. The largest absolute Gasteiger partial charge is 0.353 e. The second-order valence-corrected chi connectivity index (χ2v) is 4.62. The highest BCUT2D eigenvalue weighted by Crippen LogP contribution is 1.97. The smallest absolute Gasteiger partial charge is 0.0359 e. The molecular weight excluding hydrogens is 184 g/mol. The third kappa shape index (κ3) is 3.74. The van der Waals surface area contributed by atoms with Gasteiger partial charge in [0.1, 0.15) is 0 Å². The highest BCUT2D eigenvalue weighted by atomic mass is 32.2. The van der Waals surface area contributed by atoms with Crippen molar-refractivity contribution in [3.63, 3.8) is 0 Å². The zero-order valence-corrected chi connectivity index (χ0v) is 8.93. The predicted octanol–water partition coefficient (Wildman–Crippen LogP) is 0.493. The lowest BCUT2D eigenvalue weighted by Gasteiger charge is -2.04. The summed E-state index contributed by atoms with van der Waals surface area (Å²) in [6, 6.07) is 4.10. The molecule has 0 spiro atoms. The molecule has 1 heterocycles. The second kappa shape index (κ2) is 5.19. The van der Waals surface area contributed by atoms with Gasteiger partial charge in [0.25, 0.3) is 0 Å². The Bertz CT molecular complexity index is 283. The van der Waals surface area contributed by atoms with Crippen molar-refractivity contribution in [2.45, 2.75) is 6.54 Å². The van der Waals surface area contributed by atoms with E-state index in [1.807, 2.05) is 19.3 Å². The van der Waals surface area contributed by atoms with E-state index in [4.69, 9.17) is 0 Å². The topological polar surface area (TPSA) is 34.0 Å². The first kappa shape index (κ1) is 10.5. The van der Waals surface area contributed by atoms with Crippen LogP contribution in [0.2, 0.25) is 0 Å². The Morgan fingerprint density at radius 1 is 1.62 bits per heavy atom. The third-order valence-corrected chi connectivity index (χ3v) is 2.70. The molecule has 74 valence electrons. The molecule has 0 fully saturated rings. The molecule has 1 aromatic heterocycles. The highest BCUT2D eigenvalue weighted by Gasteiger charge is 1.96. The number of hydrogen-bond donors (Lipinski definition) is 1. The first-order valence-corrected chi connectivity index (χ1v) is 6.04. The molecule has 0 bridgehead atoms. The summed E-state index contributed by atoms with van der Waals surface area (Å²) >= 11 is 0. The molecule has 0 saturated heterocycles. The lowest BCUT2D eigenvalue weighted by Crippen LogP contribution is -2.20. The molecule has 1 atom stereocenters. The summed E-state index contributed by atoms with van der Waals surface area (Å²) < 4.78 is 12.8. The van der Waals surface area contributed by atoms with Gasteiger partial charge < -0.3 is 9.88 Å². The molecule has 13 heavy (non-hydrogen) atoms. The van der Waals surface area contributed by atoms with E-state index in [1.165, 1.54) is 5.69 Å². The van der Waals surface area contributed by atoms with Crippen molar-refractivity contribution in [3.05, 3.63) is 24.0 Å². The van der Waals surface area contributed by atoms with E-state index < -0.39 is 10.8 Å². The summed E-state index contributed by atoms with van der Waals surface area (Å²) in [6.45, 7) is 1.66. The fourth-order valence-corrected chi connectivity index (χ4v) is 1.54. The van der Waals surface area contributed by atoms with Gasteiger partial charge in [0.2, 0.25) is 0 Å². The van der Waals surface area contributed by atoms with E-state index in [-0.39, 0.29) is 0 Å². The number of aryl methyl sites for hydroxylation is 1. The Balaban J connectivity index is 2.20. The number of aromatic nitrogens is 1. The number of rotatable bonds is 5. The van der Waals surface area contributed by atoms with Crippen LogP contribution >= 0.6 is 0 Å². The fourth-order valence-electron chi connectivity index (χ4n) is 1.11. The summed E-state index contributed by atoms with van der Waals surface area (Å²) in [5.74, 6) is 0.727. The summed E-state index contributed by atoms with van der Waals surface area (Å²) in [6.07, 6.45) is 3.75. The maximum Gasteiger partial charge on any atom is 0.0359 e. The van der Waals surface area contributed by atoms with Gasteiger partial charge in [-0.15, -0.1) is 0 Å². The molecular formula is C9H16N2OS. The van der Waals surface area contributed by atoms with Crippen molar-refractivity contribution in [3.8, 4) is 0 Å². The van der Waals surface area contributed by atoms with Crippen molar-refractivity contribution in [1.29, 1.82) is 0 Å². The number of nitrogens with one attached hydrogen (secondary N) is 1. The second-order valence-electron chi connectivity index (χ2n) is 3.06. The number of hydrogen-bond acceptors (Lipinski definition) is 2. The van der Waals surface area contributed by atoms with Gasteiger partial charge in [-0.05, 0) is 12.1 Å². The number of nitrogens with zero attached hydrogens (tertiary/aromatic N) is 1. The Hall–Kier alpha value is -0.610. The minimum Gasteiger partial charge on any atom is -0.353 e. The SMILES string of the molecule is Cn1cccc1CNCCS(C)=O. The van der Waals surface area contributed by atoms with Crippen LogP contribution in [0.4, 0.5) is 0 Å². The molecule has 1 N–H and O–H groups in total. The minimum absolute atomic E-state index is 0.688. The summed E-state index contributed by atoms with van der Waals surface area (Å²) in [7, 11) is 1.33. The Labute approximate surface area is 81.6 Å². The van der Waals surface area contributed by atoms with Crippen molar-refractivity contribution >= 4 is 10.8 Å². The Morgan fingerprint density at radius 3 is 2.92 bits per heavy atom. The molecule has 4 heteroatoms. The van der Waals surface area contributed by atoms with Crippen molar-refractivity contribution in [1.82, 2.24) is 9.88 Å². The zero-order chi connectivity index (χ0) is 9.68. The van der Waals surface area contributed by atoms with Crippen LogP contribution in [0, 0.1) is 0 Å². The average molecular weight is 200 g/mol. The fraction of sp³-hybridized carbons (Fsp3) is 0.556. The third-order valence-electron chi connectivity index (χ3n) is 1.92. The first-order valence-electron chi connectivity index (χ1n) is 4.31. The monoisotopic (exact) mass is 200 g/mol. The lowest BCUT2D eigenvalue weighted by molar-refractivity contribution is 0.664. The maximum absolute atomic E-state index is 10.7. The molecule has 0 amide bonds. The summed E-state index contributed by atoms with van der Waals surface area (Å²) in [5, 5.41) is 3.25. The van der Waals surface area contributed by atoms with Crippen molar-refractivity contribution in [2.24, 2.45) is 7.05 Å². The van der Waals surface area contributed by atoms with Gasteiger partial charge in [0.15, 0.2) is 0 Å². The molecule has 1 unspecified atom stereocenters. The van der Waals surface area contributed by atoms with Gasteiger partial charge >= 0.3 is 0 Å². The quantitative estimate of drug-likeness (QED) is 0.702. The highest BCUT2D eigenvalue weighted by molar-refractivity contribution is 7.84. The maximum atomic E-state index is 10.7. The van der Waals surface area contributed by atoms with E-state index in [1.54, 1.807) is 6.26 Å². The van der Waals surface area contributed by atoms with E-state index >= 15 is 0 Å². The Morgan fingerprint density at radius 2 is 2.38 bits per heavy atom. The van der Waals surface area contributed by atoms with Crippen LogP contribution in [-0.2, 0) is 24.4 Å². The molecule has 1 rings (SSSR count). The molecule has 0 radical (unpaired) electrons. The molecule has 0 aliphatic carbocycles. The van der Waals surface area contributed by atoms with Gasteiger partial charge in [-0.3, -0.25) is 4.21 Å². The van der Waals surface area contributed by atoms with E-state index in [0.29, 0.717) is 0 Å². The van der Waals surface area contributed by atoms with Gasteiger partial charge in [-0.25, -0.2) is 0 Å². The standard InChI is InChI=1S/C9H16N2OS/c1-11-6-3-4-9(11)8-10-5-7-13(2)12/h3-4,6,10H,5,7-8H2,1-2H3. The van der Waals surface area contributed by atoms with Crippen LogP contribution in [0.3, 0.4) is 0 Å². The van der Waals surface area contributed by atoms with Gasteiger partial charge in [0, 0.05) is 54.8 Å². The van der Waals surface area contributed by atoms with E-state index in [9.17, 15) is 4.21 Å². The van der Waals surface area contributed by atoms with Gasteiger partial charge in [-0.1, -0.05) is 0 Å². The van der Waals surface area contributed by atoms with E-state index in [0.717, 1.165) is 18.8 Å². The van der Waals surface area contributed by atoms with Crippen LogP contribution in [0.5, 0.6) is 0 Å². The summed E-state index contributed by atoms with van der Waals surface area (Å²) in [5.41, 5.74) is 1.25. The van der Waals surface area contributed by atoms with Crippen molar-refractivity contribution < 1.29 is 4.21 Å². The molecule has 0 aliphatic rings. The zero-order valence-electron chi connectivity index (χ0n) is 8.12. The summed E-state index contributed by atoms with van der Waals surface area (Å²) in [4.78, 5) is 0. The van der Waals surface area contributed by atoms with Crippen LogP contribution in [-0.4, -0.2) is 27.3 Å². The predicted molar refractivity (Wildman–Crippen MR) is 56.1 cm³/mol. The minimum atomic E-state index is -0.688. The normalized spacial score (nSPS) is 13.1. The lowest BCUT2D eigenvalue weighted by atomic mass is 10.4. The van der Waals surface area contributed by atoms with Gasteiger partial charge in [-0.2, -0.15) is 0 Å². The average Bonchev–Trinajstić information content (AvgIpc) is 2.45. The molecule has 1 aromatic rings. The van der Waals surface area contributed by atoms with Crippen molar-refractivity contribution in [2.75, 3.05) is 18.6 Å². The van der Waals surface area contributed by atoms with E-state index in [2.05, 4.69) is 16.0 Å². The van der Waals surface area contributed by atoms with Crippen LogP contribution < -0.4 is 5.32 Å². The van der Waals surface area contributed by atoms with Crippen LogP contribution in [0.15, 0.2) is 18.3 Å². The Kier molecular flexibility index (Phi) is 4.18. The van der Waals surface area contributed by atoms with Gasteiger partial charge in [0.05, 0.1) is 0 Å².